The van der Waals surface area contributed by atoms with Gasteiger partial charge < -0.3 is 16.0 Å². The van der Waals surface area contributed by atoms with E-state index in [4.69, 9.17) is 0 Å². The Kier molecular flexibility index (Phi) is 12.9. The zero-order chi connectivity index (χ0) is 34.6. The summed E-state index contributed by atoms with van der Waals surface area (Å²) >= 11 is 0. The largest absolute Gasteiger partial charge is 0.346 e. The van der Waals surface area contributed by atoms with Gasteiger partial charge in [0, 0.05) is 17.8 Å². The summed E-state index contributed by atoms with van der Waals surface area (Å²) in [7, 11) is 0. The average molecular weight is 652 g/mol. The number of nitrogens with one attached hydrogen (secondary N) is 3. The van der Waals surface area contributed by atoms with Crippen molar-refractivity contribution in [2.45, 2.75) is 77.4 Å². The summed E-state index contributed by atoms with van der Waals surface area (Å²) in [5.41, 5.74) is 2.66. The maximum Gasteiger partial charge on any atom is 0.223 e. The predicted octanol–water partition coefficient (Wildman–Crippen LogP) is 3.97. The number of rotatable bonds is 15. The Morgan fingerprint density at radius 2 is 0.688 bits per heavy atom. The number of hydrogen-bond donors (Lipinski definition) is 3. The number of ketones is 3. The van der Waals surface area contributed by atoms with Gasteiger partial charge in [-0.25, -0.2) is 0 Å². The van der Waals surface area contributed by atoms with E-state index in [-0.39, 0.29) is 36.6 Å². The summed E-state index contributed by atoms with van der Waals surface area (Å²) in [5, 5.41) is 8.63. The highest BCUT2D eigenvalue weighted by Gasteiger charge is 2.41. The molecule has 9 nitrogen and oxygen atoms in total. The van der Waals surface area contributed by atoms with Crippen molar-refractivity contribution in [2.24, 2.45) is 17.8 Å². The monoisotopic (exact) mass is 651 g/mol. The van der Waals surface area contributed by atoms with E-state index in [0.29, 0.717) is 19.3 Å². The molecule has 3 aromatic carbocycles. The second kappa shape index (κ2) is 17.3. The molecule has 0 heterocycles. The number of carbonyl (C=O) groups is 6. The van der Waals surface area contributed by atoms with Gasteiger partial charge in [-0.2, -0.15) is 0 Å². The van der Waals surface area contributed by atoms with Crippen LogP contribution >= 0.6 is 0 Å². The van der Waals surface area contributed by atoms with Gasteiger partial charge in [-0.15, -0.1) is 0 Å². The maximum atomic E-state index is 13.7. The van der Waals surface area contributed by atoms with E-state index in [1.807, 2.05) is 91.0 Å². The molecule has 9 heteroatoms. The van der Waals surface area contributed by atoms with Crippen LogP contribution in [-0.4, -0.2) is 53.2 Å². The third-order valence-electron chi connectivity index (χ3n) is 9.09. The van der Waals surface area contributed by atoms with Crippen molar-refractivity contribution < 1.29 is 28.8 Å². The molecule has 3 aromatic rings. The normalized spacial score (nSPS) is 19.2. The van der Waals surface area contributed by atoms with Gasteiger partial charge in [0.15, 0.2) is 17.3 Å². The molecule has 1 saturated carbocycles. The van der Waals surface area contributed by atoms with Crippen LogP contribution in [0.3, 0.4) is 0 Å². The van der Waals surface area contributed by atoms with Crippen LogP contribution < -0.4 is 16.0 Å². The fraction of sp³-hybridized carbons (Fsp3) is 0.385. The second-order valence-corrected chi connectivity index (χ2v) is 12.9. The lowest BCUT2D eigenvalue weighted by atomic mass is 9.73. The Hall–Kier alpha value is -4.92. The highest BCUT2D eigenvalue weighted by molar-refractivity contribution is 5.93. The van der Waals surface area contributed by atoms with Crippen molar-refractivity contribution in [3.05, 3.63) is 108 Å². The molecule has 0 bridgehead atoms. The Bertz CT molecular complexity index is 1380. The van der Waals surface area contributed by atoms with E-state index in [9.17, 15) is 28.8 Å². The molecule has 0 radical (unpaired) electrons. The zero-order valence-corrected chi connectivity index (χ0v) is 27.8. The molecule has 0 unspecified atom stereocenters. The second-order valence-electron chi connectivity index (χ2n) is 12.9. The van der Waals surface area contributed by atoms with Crippen molar-refractivity contribution in [1.82, 2.24) is 16.0 Å². The molecule has 0 aliphatic heterocycles. The van der Waals surface area contributed by atoms with E-state index in [2.05, 4.69) is 16.0 Å². The van der Waals surface area contributed by atoms with Crippen LogP contribution in [0, 0.1) is 17.8 Å². The summed E-state index contributed by atoms with van der Waals surface area (Å²) in [6, 6.07) is 25.7. The van der Waals surface area contributed by atoms with E-state index in [1.165, 1.54) is 20.8 Å². The molecule has 1 fully saturated rings. The molecule has 0 aromatic heterocycles. The third kappa shape index (κ3) is 10.6. The molecule has 4 rings (SSSR count). The minimum absolute atomic E-state index is 0.146. The van der Waals surface area contributed by atoms with Gasteiger partial charge in [-0.3, -0.25) is 28.8 Å². The molecule has 3 amide bonds. The van der Waals surface area contributed by atoms with Gasteiger partial charge in [0.25, 0.3) is 0 Å². The van der Waals surface area contributed by atoms with Crippen LogP contribution in [-0.2, 0) is 48.0 Å². The molecule has 48 heavy (non-hydrogen) atoms. The summed E-state index contributed by atoms with van der Waals surface area (Å²) in [4.78, 5) is 79.0. The van der Waals surface area contributed by atoms with Gasteiger partial charge in [0.1, 0.15) is 0 Å². The lowest BCUT2D eigenvalue weighted by Gasteiger charge is -2.34. The predicted molar refractivity (Wildman–Crippen MR) is 183 cm³/mol. The SMILES string of the molecule is CC(=O)[C@H](Cc1ccccc1)NC(=O)C1CC(C(=O)N[C@@H](Cc2ccccc2)C(C)=O)CC(C(=O)N[C@@H](Cc2ccccc2)C(C)=O)C1. The lowest BCUT2D eigenvalue weighted by Crippen LogP contribution is -2.51. The first kappa shape index (κ1) is 35.9. The Labute approximate surface area is 282 Å². The van der Waals surface area contributed by atoms with Crippen LogP contribution in [0.5, 0.6) is 0 Å². The number of amides is 3. The van der Waals surface area contributed by atoms with Crippen LogP contribution in [0.4, 0.5) is 0 Å². The average Bonchev–Trinajstić information content (AvgIpc) is 3.08. The Morgan fingerprint density at radius 1 is 0.458 bits per heavy atom. The number of Topliss-reactive ketones (excluding diaryl/α,β-unsaturated/α-hetero) is 3. The molecular formula is C39H45N3O6. The quantitative estimate of drug-likeness (QED) is 0.227. The highest BCUT2D eigenvalue weighted by Crippen LogP contribution is 2.35. The van der Waals surface area contributed by atoms with Crippen LogP contribution in [0.2, 0.25) is 0 Å². The molecule has 0 spiro atoms. The minimum Gasteiger partial charge on any atom is -0.346 e. The first-order valence-electron chi connectivity index (χ1n) is 16.5. The van der Waals surface area contributed by atoms with Gasteiger partial charge in [0.2, 0.25) is 17.7 Å². The van der Waals surface area contributed by atoms with Crippen molar-refractivity contribution in [1.29, 1.82) is 0 Å². The van der Waals surface area contributed by atoms with Gasteiger partial charge in [-0.1, -0.05) is 91.0 Å². The summed E-state index contributed by atoms with van der Waals surface area (Å²) in [5.74, 6) is -4.12. The van der Waals surface area contributed by atoms with E-state index >= 15 is 0 Å². The van der Waals surface area contributed by atoms with Crippen molar-refractivity contribution in [2.75, 3.05) is 0 Å². The molecule has 252 valence electrons. The van der Waals surface area contributed by atoms with Gasteiger partial charge in [0.05, 0.1) is 18.1 Å². The molecule has 0 saturated heterocycles. The fourth-order valence-corrected chi connectivity index (χ4v) is 6.27. The van der Waals surface area contributed by atoms with Crippen LogP contribution in [0.15, 0.2) is 91.0 Å². The number of carbonyl (C=O) groups excluding carboxylic acids is 6. The Morgan fingerprint density at radius 3 is 0.896 bits per heavy atom. The number of hydrogen-bond acceptors (Lipinski definition) is 6. The standard InChI is InChI=1S/C39H45N3O6/c1-25(43)34(19-28-13-7-4-8-14-28)40-37(46)31-22-32(38(47)41-35(26(2)44)20-29-15-9-5-10-16-29)24-33(23-31)39(48)42-36(27(3)45)21-30-17-11-6-12-18-30/h4-18,31-36H,19-24H2,1-3H3,(H,40,46)(H,41,47)(H,42,48)/t31?,32?,33?,34-,35-,36-/m0/s1. The smallest absolute Gasteiger partial charge is 0.223 e. The summed E-state index contributed by atoms with van der Waals surface area (Å²) in [6.07, 6.45) is 1.36. The van der Waals surface area contributed by atoms with Crippen molar-refractivity contribution in [3.63, 3.8) is 0 Å². The molecular weight excluding hydrogens is 606 g/mol. The zero-order valence-electron chi connectivity index (χ0n) is 27.8. The first-order valence-corrected chi connectivity index (χ1v) is 16.5. The first-order chi connectivity index (χ1) is 23.0. The van der Waals surface area contributed by atoms with Gasteiger partial charge >= 0.3 is 0 Å². The molecule has 3 N–H and O–H groups in total. The molecule has 1 aliphatic carbocycles. The molecule has 1 aliphatic rings. The summed E-state index contributed by atoms with van der Waals surface area (Å²) in [6.45, 7) is 4.26. The maximum absolute atomic E-state index is 13.7. The van der Waals surface area contributed by atoms with E-state index < -0.39 is 53.6 Å². The van der Waals surface area contributed by atoms with Crippen molar-refractivity contribution >= 4 is 35.1 Å². The Balaban J connectivity index is 1.53. The number of benzene rings is 3. The van der Waals surface area contributed by atoms with E-state index in [0.717, 1.165) is 16.7 Å². The topological polar surface area (TPSA) is 139 Å². The fourth-order valence-electron chi connectivity index (χ4n) is 6.27. The molecule has 3 atom stereocenters. The van der Waals surface area contributed by atoms with Gasteiger partial charge in [-0.05, 0) is 76.0 Å². The summed E-state index contributed by atoms with van der Waals surface area (Å²) < 4.78 is 0. The lowest BCUT2D eigenvalue weighted by molar-refractivity contribution is -0.138. The third-order valence-corrected chi connectivity index (χ3v) is 9.09. The minimum atomic E-state index is -0.776. The van der Waals surface area contributed by atoms with Crippen LogP contribution in [0.25, 0.3) is 0 Å². The highest BCUT2D eigenvalue weighted by atomic mass is 16.2. The van der Waals surface area contributed by atoms with Crippen molar-refractivity contribution in [3.8, 4) is 0 Å². The van der Waals surface area contributed by atoms with E-state index in [1.54, 1.807) is 0 Å². The van der Waals surface area contributed by atoms with Crippen LogP contribution in [0.1, 0.15) is 56.7 Å².